The third-order valence-corrected chi connectivity index (χ3v) is 2.07. The maximum Gasteiger partial charge on any atom is 0.330 e. The molecule has 0 fully saturated rings. The second-order valence-corrected chi connectivity index (χ2v) is 3.51. The highest BCUT2D eigenvalue weighted by molar-refractivity contribution is 5.86. The number of hydrogen-bond donors (Lipinski definition) is 3. The Morgan fingerprint density at radius 2 is 1.31 bits per heavy atom. The molecule has 3 N–H and O–H groups in total. The van der Waals surface area contributed by atoms with E-state index in [4.69, 9.17) is 10.2 Å². The van der Waals surface area contributed by atoms with E-state index >= 15 is 0 Å². The fourth-order valence-corrected chi connectivity index (χ4v) is 0.896. The fraction of sp³-hybridized carbons (Fsp3) is 0.455. The van der Waals surface area contributed by atoms with E-state index in [1.165, 1.54) is 26.0 Å². The lowest BCUT2D eigenvalue weighted by Crippen LogP contribution is -2.06. The van der Waals surface area contributed by atoms with Gasteiger partial charge in [0.15, 0.2) is 0 Å². The summed E-state index contributed by atoms with van der Waals surface area (Å²) in [7, 11) is 0. The van der Waals surface area contributed by atoms with Gasteiger partial charge in [-0.15, -0.1) is 0 Å². The van der Waals surface area contributed by atoms with Gasteiger partial charge in [0.05, 0.1) is 6.10 Å². The highest BCUT2D eigenvalue weighted by Gasteiger charge is 2.05. The van der Waals surface area contributed by atoms with Crippen molar-refractivity contribution in [3.05, 3.63) is 23.3 Å². The molecule has 0 atom stereocenters. The van der Waals surface area contributed by atoms with Gasteiger partial charge < -0.3 is 15.3 Å². The van der Waals surface area contributed by atoms with Crippen LogP contribution in [0.3, 0.4) is 0 Å². The number of aliphatic hydroxyl groups excluding tert-OH is 1. The van der Waals surface area contributed by atoms with Crippen LogP contribution in [0.5, 0.6) is 0 Å². The summed E-state index contributed by atoms with van der Waals surface area (Å²) < 4.78 is 0. The lowest BCUT2D eigenvalue weighted by atomic mass is 10.1. The van der Waals surface area contributed by atoms with Crippen molar-refractivity contribution < 1.29 is 24.9 Å². The molecule has 5 heteroatoms. The van der Waals surface area contributed by atoms with Crippen LogP contribution < -0.4 is 0 Å². The molecule has 0 aliphatic carbocycles. The average molecular weight is 228 g/mol. The van der Waals surface area contributed by atoms with E-state index in [-0.39, 0.29) is 24.0 Å². The Bertz CT molecular complexity index is 295. The fourth-order valence-electron chi connectivity index (χ4n) is 0.896. The molecule has 0 bridgehead atoms. The topological polar surface area (TPSA) is 94.8 Å². The molecule has 0 spiro atoms. The maximum atomic E-state index is 10.4. The number of rotatable bonds is 6. The van der Waals surface area contributed by atoms with Crippen molar-refractivity contribution >= 4 is 11.9 Å². The highest BCUT2D eigenvalue weighted by Crippen LogP contribution is 2.06. The Morgan fingerprint density at radius 3 is 1.56 bits per heavy atom. The molecule has 0 heterocycles. The third kappa shape index (κ3) is 5.98. The summed E-state index contributed by atoms with van der Waals surface area (Å²) in [6, 6.07) is 0. The van der Waals surface area contributed by atoms with Crippen molar-refractivity contribution in [3.8, 4) is 0 Å². The quantitative estimate of drug-likeness (QED) is 0.593. The second kappa shape index (κ2) is 6.79. The third-order valence-electron chi connectivity index (χ3n) is 2.07. The van der Waals surface area contributed by atoms with Crippen molar-refractivity contribution in [3.63, 3.8) is 0 Å². The summed E-state index contributed by atoms with van der Waals surface area (Å²) in [5, 5.41) is 26.5. The van der Waals surface area contributed by atoms with Crippen molar-refractivity contribution in [2.24, 2.45) is 0 Å². The molecule has 16 heavy (non-hydrogen) atoms. The minimum atomic E-state index is -1.02. The van der Waals surface area contributed by atoms with Gasteiger partial charge in [-0.25, -0.2) is 9.59 Å². The van der Waals surface area contributed by atoms with Crippen molar-refractivity contribution in [1.82, 2.24) is 0 Å². The van der Waals surface area contributed by atoms with Gasteiger partial charge in [0.25, 0.3) is 0 Å². The van der Waals surface area contributed by atoms with Gasteiger partial charge in [-0.05, 0) is 26.7 Å². The molecule has 90 valence electrons. The van der Waals surface area contributed by atoms with Crippen LogP contribution in [-0.2, 0) is 9.59 Å². The van der Waals surface area contributed by atoms with Crippen LogP contribution in [0.25, 0.3) is 0 Å². The minimum absolute atomic E-state index is 0.165. The molecular formula is C11H16O5. The van der Waals surface area contributed by atoms with Gasteiger partial charge in [-0.3, -0.25) is 0 Å². The number of hydrogen-bond acceptors (Lipinski definition) is 3. The minimum Gasteiger partial charge on any atom is -0.478 e. The molecule has 0 rings (SSSR count). The van der Waals surface area contributed by atoms with Crippen LogP contribution in [0.15, 0.2) is 23.3 Å². The van der Waals surface area contributed by atoms with E-state index in [9.17, 15) is 14.7 Å². The monoisotopic (exact) mass is 228 g/mol. The van der Waals surface area contributed by atoms with E-state index in [0.717, 1.165) is 0 Å². The Morgan fingerprint density at radius 1 is 1.00 bits per heavy atom. The van der Waals surface area contributed by atoms with E-state index in [2.05, 4.69) is 0 Å². The Hall–Kier alpha value is -1.62. The summed E-state index contributed by atoms with van der Waals surface area (Å²) in [4.78, 5) is 20.9. The van der Waals surface area contributed by atoms with Crippen LogP contribution >= 0.6 is 0 Å². The van der Waals surface area contributed by atoms with Gasteiger partial charge >= 0.3 is 11.9 Å². The van der Waals surface area contributed by atoms with E-state index in [1.807, 2.05) is 0 Å². The first-order chi connectivity index (χ1) is 7.34. The molecule has 5 nitrogen and oxygen atoms in total. The van der Waals surface area contributed by atoms with Crippen LogP contribution in [0, 0.1) is 0 Å². The SMILES string of the molecule is C/C(=C\CC(O)C/C=C(\C)C(=O)O)C(=O)O. The summed E-state index contributed by atoms with van der Waals surface area (Å²) in [5.41, 5.74) is 0.330. The van der Waals surface area contributed by atoms with E-state index in [1.54, 1.807) is 0 Å². The molecule has 0 aromatic rings. The predicted molar refractivity (Wildman–Crippen MR) is 58.0 cm³/mol. The van der Waals surface area contributed by atoms with Crippen LogP contribution in [0.4, 0.5) is 0 Å². The van der Waals surface area contributed by atoms with Crippen LogP contribution in [0.1, 0.15) is 26.7 Å². The van der Waals surface area contributed by atoms with Crippen molar-refractivity contribution in [1.29, 1.82) is 0 Å². The maximum absolute atomic E-state index is 10.4. The first-order valence-electron chi connectivity index (χ1n) is 4.82. The Balaban J connectivity index is 4.15. The van der Waals surface area contributed by atoms with Crippen LogP contribution in [0.2, 0.25) is 0 Å². The molecule has 0 unspecified atom stereocenters. The zero-order valence-corrected chi connectivity index (χ0v) is 9.30. The summed E-state index contributed by atoms with van der Waals surface area (Å²) in [6.07, 6.45) is 2.46. The Labute approximate surface area is 93.7 Å². The molecule has 0 radical (unpaired) electrons. The number of carboxylic acid groups (broad SMARTS) is 2. The van der Waals surface area contributed by atoms with Gasteiger partial charge in [0.1, 0.15) is 0 Å². The van der Waals surface area contributed by atoms with Gasteiger partial charge in [-0.2, -0.15) is 0 Å². The largest absolute Gasteiger partial charge is 0.478 e. The highest BCUT2D eigenvalue weighted by atomic mass is 16.4. The number of aliphatic hydroxyl groups is 1. The number of carboxylic acids is 2. The zero-order valence-electron chi connectivity index (χ0n) is 9.30. The molecule has 0 aromatic heterocycles. The number of aliphatic carboxylic acids is 2. The lowest BCUT2D eigenvalue weighted by molar-refractivity contribution is -0.133. The first-order valence-corrected chi connectivity index (χ1v) is 4.82. The van der Waals surface area contributed by atoms with Crippen molar-refractivity contribution in [2.45, 2.75) is 32.8 Å². The normalized spacial score (nSPS) is 13.0. The van der Waals surface area contributed by atoms with Crippen molar-refractivity contribution in [2.75, 3.05) is 0 Å². The first kappa shape index (κ1) is 14.4. The molecule has 0 saturated carbocycles. The van der Waals surface area contributed by atoms with Gasteiger partial charge in [0, 0.05) is 11.1 Å². The summed E-state index contributed by atoms with van der Waals surface area (Å²) in [6.45, 7) is 2.88. The summed E-state index contributed by atoms with van der Waals surface area (Å²) >= 11 is 0. The average Bonchev–Trinajstić information content (AvgIpc) is 2.21. The molecule has 0 amide bonds. The molecule has 0 aliphatic rings. The second-order valence-electron chi connectivity index (χ2n) is 3.51. The lowest BCUT2D eigenvalue weighted by Gasteiger charge is -2.04. The standard InChI is InChI=1S/C11H16O5/c1-7(10(13)14)3-5-9(12)6-4-8(2)11(15)16/h3-4,9,12H,5-6H2,1-2H3,(H,13,14)(H,15,16)/b7-3+,8-4+. The summed E-state index contributed by atoms with van der Waals surface area (Å²) in [5.74, 6) is -2.05. The molecule has 0 aromatic carbocycles. The molecule has 0 aliphatic heterocycles. The van der Waals surface area contributed by atoms with Gasteiger partial charge in [-0.1, -0.05) is 12.2 Å². The predicted octanol–water partition coefficient (Wildman–Crippen LogP) is 1.19. The van der Waals surface area contributed by atoms with E-state index in [0.29, 0.717) is 0 Å². The smallest absolute Gasteiger partial charge is 0.330 e. The zero-order chi connectivity index (χ0) is 12.7. The van der Waals surface area contributed by atoms with Crippen LogP contribution in [-0.4, -0.2) is 33.4 Å². The number of carbonyl (C=O) groups is 2. The van der Waals surface area contributed by atoms with E-state index < -0.39 is 18.0 Å². The molecule has 0 saturated heterocycles. The Kier molecular flexibility index (Phi) is 6.10. The van der Waals surface area contributed by atoms with Gasteiger partial charge in [0.2, 0.25) is 0 Å². The molecular weight excluding hydrogens is 212 g/mol.